The van der Waals surface area contributed by atoms with Crippen LogP contribution >= 0.6 is 12.4 Å². The Hall–Kier alpha value is -2.32. The van der Waals surface area contributed by atoms with Gasteiger partial charge in [-0.25, -0.2) is 5.01 Å². The van der Waals surface area contributed by atoms with E-state index in [1.54, 1.807) is 19.2 Å². The monoisotopic (exact) mass is 560 g/mol. The molecule has 0 unspecified atom stereocenters. The number of fused-ring (bicyclic) bond motifs is 1. The summed E-state index contributed by atoms with van der Waals surface area (Å²) in [5.74, 6) is 2.25. The zero-order valence-electron chi connectivity index (χ0n) is 23.5. The molecule has 3 fully saturated rings. The molecule has 9 heteroatoms. The van der Waals surface area contributed by atoms with Crippen molar-refractivity contribution < 1.29 is 19.1 Å². The van der Waals surface area contributed by atoms with E-state index in [2.05, 4.69) is 0 Å². The van der Waals surface area contributed by atoms with Gasteiger partial charge in [-0.05, 0) is 56.2 Å². The van der Waals surface area contributed by atoms with E-state index in [-0.39, 0.29) is 42.1 Å². The lowest BCUT2D eigenvalue weighted by molar-refractivity contribution is -0.143. The predicted octanol–water partition coefficient (Wildman–Crippen LogP) is 4.77. The van der Waals surface area contributed by atoms with Gasteiger partial charge in [0.2, 0.25) is 11.8 Å². The maximum Gasteiger partial charge on any atom is 0.246 e. The Kier molecular flexibility index (Phi) is 10.2. The standard InChI is InChI=1S/C30H44N4O4.ClH/c1-37-26-13-12-21(19-27(26)38-2)28-23-10-6-7-11-24(23)29(35)34(32-28)22-14-16-33(17-15-22)30(36)25(31)18-20-8-4-3-5-9-20;/h12-13,19-20,22-25H,3-11,14-18,31H2,1-2H3;1H/t23-,24+,25-;/m0./s1. The highest BCUT2D eigenvalue weighted by Crippen LogP contribution is 2.40. The molecule has 0 spiro atoms. The molecular formula is C30H45ClN4O4. The molecule has 2 aliphatic heterocycles. The number of methoxy groups -OCH3 is 2. The van der Waals surface area contributed by atoms with E-state index in [9.17, 15) is 9.59 Å². The molecule has 1 aromatic rings. The molecule has 5 rings (SSSR count). The Balaban J connectivity index is 0.00000353. The molecule has 1 saturated heterocycles. The van der Waals surface area contributed by atoms with Gasteiger partial charge in [0.25, 0.3) is 0 Å². The van der Waals surface area contributed by atoms with Crippen LogP contribution in [0.3, 0.4) is 0 Å². The van der Waals surface area contributed by atoms with Crippen LogP contribution in [0.4, 0.5) is 0 Å². The number of hydrogen-bond acceptors (Lipinski definition) is 6. The fourth-order valence-electron chi connectivity index (χ4n) is 7.14. The van der Waals surface area contributed by atoms with E-state index in [4.69, 9.17) is 20.3 Å². The van der Waals surface area contributed by atoms with Gasteiger partial charge in [0, 0.05) is 30.5 Å². The van der Waals surface area contributed by atoms with Crippen molar-refractivity contribution in [3.05, 3.63) is 23.8 Å². The van der Waals surface area contributed by atoms with E-state index in [1.807, 2.05) is 23.1 Å². The molecule has 2 heterocycles. The summed E-state index contributed by atoms with van der Waals surface area (Å²) in [6, 6.07) is 5.50. The van der Waals surface area contributed by atoms with Gasteiger partial charge in [-0.1, -0.05) is 44.9 Å². The number of halogens is 1. The predicted molar refractivity (Wildman–Crippen MR) is 154 cm³/mol. The molecular weight excluding hydrogens is 516 g/mol. The fraction of sp³-hybridized carbons (Fsp3) is 0.700. The summed E-state index contributed by atoms with van der Waals surface area (Å²) in [4.78, 5) is 28.7. The Morgan fingerprint density at radius 2 is 1.59 bits per heavy atom. The van der Waals surface area contributed by atoms with Gasteiger partial charge in [-0.3, -0.25) is 9.59 Å². The number of carbonyl (C=O) groups excluding carboxylic acids is 2. The van der Waals surface area contributed by atoms with E-state index >= 15 is 0 Å². The van der Waals surface area contributed by atoms with Crippen molar-refractivity contribution in [1.82, 2.24) is 9.91 Å². The molecule has 2 N–H and O–H groups in total. The van der Waals surface area contributed by atoms with E-state index < -0.39 is 6.04 Å². The van der Waals surface area contributed by atoms with Crippen LogP contribution in [0.5, 0.6) is 11.5 Å². The maximum absolute atomic E-state index is 13.7. The lowest BCUT2D eigenvalue weighted by Gasteiger charge is -2.43. The molecule has 2 amide bonds. The van der Waals surface area contributed by atoms with Crippen molar-refractivity contribution in [2.24, 2.45) is 28.6 Å². The minimum Gasteiger partial charge on any atom is -0.493 e. The molecule has 3 atom stereocenters. The van der Waals surface area contributed by atoms with Crippen molar-refractivity contribution in [2.45, 2.75) is 89.1 Å². The first kappa shape index (κ1) is 29.7. The number of nitrogens with zero attached hydrogens (tertiary/aromatic N) is 3. The highest BCUT2D eigenvalue weighted by Gasteiger charge is 2.44. The number of benzene rings is 1. The first-order chi connectivity index (χ1) is 18.5. The Bertz CT molecular complexity index is 1040. The Morgan fingerprint density at radius 1 is 0.949 bits per heavy atom. The minimum absolute atomic E-state index is 0. The van der Waals surface area contributed by atoms with Crippen LogP contribution in [0.1, 0.15) is 82.6 Å². The summed E-state index contributed by atoms with van der Waals surface area (Å²) in [5.41, 5.74) is 8.34. The number of piperidine rings is 1. The average Bonchev–Trinajstić information content (AvgIpc) is 2.97. The summed E-state index contributed by atoms with van der Waals surface area (Å²) in [6.45, 7) is 1.25. The Labute approximate surface area is 239 Å². The summed E-state index contributed by atoms with van der Waals surface area (Å²) >= 11 is 0. The van der Waals surface area contributed by atoms with Gasteiger partial charge in [0.15, 0.2) is 11.5 Å². The number of hydrazone groups is 1. The summed E-state index contributed by atoms with van der Waals surface area (Å²) in [5, 5.41) is 6.80. The number of rotatable bonds is 7. The molecule has 2 saturated carbocycles. The second kappa shape index (κ2) is 13.4. The number of hydrogen-bond donors (Lipinski definition) is 1. The van der Waals surface area contributed by atoms with Crippen molar-refractivity contribution in [3.63, 3.8) is 0 Å². The van der Waals surface area contributed by atoms with Crippen molar-refractivity contribution >= 4 is 29.9 Å². The van der Waals surface area contributed by atoms with Crippen molar-refractivity contribution in [1.29, 1.82) is 0 Å². The first-order valence-corrected chi connectivity index (χ1v) is 14.7. The molecule has 4 aliphatic rings. The van der Waals surface area contributed by atoms with Crippen LogP contribution in [0.15, 0.2) is 23.3 Å². The number of ether oxygens (including phenoxy) is 2. The van der Waals surface area contributed by atoms with Crippen molar-refractivity contribution in [2.75, 3.05) is 27.3 Å². The number of nitrogens with two attached hydrogens (primary N) is 1. The van der Waals surface area contributed by atoms with Crippen LogP contribution in [0.2, 0.25) is 0 Å². The van der Waals surface area contributed by atoms with Crippen LogP contribution in [0, 0.1) is 17.8 Å². The van der Waals surface area contributed by atoms with E-state index in [0.717, 1.165) is 56.2 Å². The van der Waals surface area contributed by atoms with Gasteiger partial charge in [-0.15, -0.1) is 12.4 Å². The number of carbonyl (C=O) groups is 2. The zero-order valence-corrected chi connectivity index (χ0v) is 24.3. The van der Waals surface area contributed by atoms with Crippen LogP contribution in [-0.2, 0) is 9.59 Å². The Morgan fingerprint density at radius 3 is 2.26 bits per heavy atom. The molecule has 0 aromatic heterocycles. The van der Waals surface area contributed by atoms with Crippen LogP contribution in [0.25, 0.3) is 0 Å². The lowest BCUT2D eigenvalue weighted by Crippen LogP contribution is -2.54. The summed E-state index contributed by atoms with van der Waals surface area (Å²) < 4.78 is 11.0. The normalized spacial score (nSPS) is 25.3. The SMILES string of the molecule is COc1ccc(C2=NN(C3CCN(C(=O)[C@@H](N)CC4CCCCC4)CC3)C(=O)[C@@H]3CCCC[C@H]23)cc1OC.Cl. The van der Waals surface area contributed by atoms with Gasteiger partial charge in [0.05, 0.1) is 32.0 Å². The first-order valence-electron chi connectivity index (χ1n) is 14.7. The highest BCUT2D eigenvalue weighted by molar-refractivity contribution is 6.07. The molecule has 1 aromatic carbocycles. The molecule has 8 nitrogen and oxygen atoms in total. The van der Waals surface area contributed by atoms with E-state index in [1.165, 1.54) is 32.1 Å². The number of likely N-dealkylation sites (tertiary alicyclic amines) is 1. The molecule has 39 heavy (non-hydrogen) atoms. The topological polar surface area (TPSA) is 97.5 Å². The van der Waals surface area contributed by atoms with Crippen LogP contribution < -0.4 is 15.2 Å². The maximum atomic E-state index is 13.7. The third kappa shape index (κ3) is 6.37. The zero-order chi connectivity index (χ0) is 26.6. The molecule has 2 aliphatic carbocycles. The average molecular weight is 561 g/mol. The summed E-state index contributed by atoms with van der Waals surface area (Å²) in [6.07, 6.45) is 12.5. The molecule has 0 radical (unpaired) electrons. The van der Waals surface area contributed by atoms with Gasteiger partial charge < -0.3 is 20.1 Å². The van der Waals surface area contributed by atoms with Crippen LogP contribution in [-0.4, -0.2) is 66.8 Å². The molecule has 216 valence electrons. The largest absolute Gasteiger partial charge is 0.493 e. The van der Waals surface area contributed by atoms with Crippen molar-refractivity contribution in [3.8, 4) is 11.5 Å². The summed E-state index contributed by atoms with van der Waals surface area (Å²) in [7, 11) is 3.27. The van der Waals surface area contributed by atoms with E-state index in [0.29, 0.717) is 30.5 Å². The third-order valence-corrected chi connectivity index (χ3v) is 9.31. The number of amides is 2. The van der Waals surface area contributed by atoms with Gasteiger partial charge in [-0.2, -0.15) is 5.10 Å². The fourth-order valence-corrected chi connectivity index (χ4v) is 7.14. The quantitative estimate of drug-likeness (QED) is 0.518. The highest BCUT2D eigenvalue weighted by atomic mass is 35.5. The lowest BCUT2D eigenvalue weighted by atomic mass is 9.73. The smallest absolute Gasteiger partial charge is 0.246 e. The molecule has 0 bridgehead atoms. The second-order valence-electron chi connectivity index (χ2n) is 11.6. The van der Waals surface area contributed by atoms with Gasteiger partial charge in [0.1, 0.15) is 0 Å². The minimum atomic E-state index is -0.413. The van der Waals surface area contributed by atoms with Gasteiger partial charge >= 0.3 is 0 Å². The third-order valence-electron chi connectivity index (χ3n) is 9.31. The second-order valence-corrected chi connectivity index (χ2v) is 11.6.